The molecule has 2 fully saturated rings. The second kappa shape index (κ2) is 6.62. The zero-order chi connectivity index (χ0) is 20.1. The summed E-state index contributed by atoms with van der Waals surface area (Å²) in [5.41, 5.74) is 5.15. The molecule has 1 amide bonds. The lowest BCUT2D eigenvalue weighted by Gasteiger charge is -2.19. The van der Waals surface area contributed by atoms with Crippen molar-refractivity contribution in [3.8, 4) is 11.3 Å². The van der Waals surface area contributed by atoms with Crippen LogP contribution in [0.3, 0.4) is 0 Å². The van der Waals surface area contributed by atoms with Gasteiger partial charge in [0.05, 0.1) is 5.69 Å². The van der Waals surface area contributed by atoms with Gasteiger partial charge in [0.15, 0.2) is 0 Å². The molecular weight excluding hydrogens is 374 g/mol. The van der Waals surface area contributed by atoms with Gasteiger partial charge in [0.25, 0.3) is 5.91 Å². The normalized spacial score (nSPS) is 18.7. The van der Waals surface area contributed by atoms with Crippen LogP contribution in [0.1, 0.15) is 41.6 Å². The first-order chi connectivity index (χ1) is 14.7. The highest BCUT2D eigenvalue weighted by Gasteiger charge is 2.52. The molecule has 0 unspecified atom stereocenters. The quantitative estimate of drug-likeness (QED) is 0.669. The molecule has 2 aromatic heterocycles. The molecule has 1 aliphatic carbocycles. The van der Waals surface area contributed by atoms with Crippen molar-refractivity contribution < 1.29 is 4.79 Å². The highest BCUT2D eigenvalue weighted by atomic mass is 16.2. The summed E-state index contributed by atoms with van der Waals surface area (Å²) < 4.78 is 0. The van der Waals surface area contributed by atoms with E-state index in [9.17, 15) is 4.79 Å². The molecule has 1 saturated heterocycles. The number of pyridine rings is 1. The number of aromatic nitrogens is 3. The molecule has 0 bridgehead atoms. The number of benzene rings is 1. The lowest BCUT2D eigenvalue weighted by atomic mass is 9.97. The van der Waals surface area contributed by atoms with Gasteiger partial charge in [-0.05, 0) is 55.5 Å². The van der Waals surface area contributed by atoms with E-state index >= 15 is 0 Å². The number of amides is 1. The van der Waals surface area contributed by atoms with Gasteiger partial charge < -0.3 is 9.80 Å². The lowest BCUT2D eigenvalue weighted by Crippen LogP contribution is -2.27. The molecule has 150 valence electrons. The Morgan fingerprint density at radius 2 is 1.77 bits per heavy atom. The molecule has 3 aromatic rings. The minimum atomic E-state index is 0.137. The van der Waals surface area contributed by atoms with E-state index in [1.807, 2.05) is 41.6 Å². The van der Waals surface area contributed by atoms with Crippen molar-refractivity contribution >= 4 is 17.5 Å². The van der Waals surface area contributed by atoms with Crippen LogP contribution in [0.5, 0.6) is 0 Å². The Morgan fingerprint density at radius 1 is 0.967 bits per heavy atom. The van der Waals surface area contributed by atoms with Gasteiger partial charge in [-0.1, -0.05) is 12.1 Å². The van der Waals surface area contributed by atoms with Gasteiger partial charge in [0, 0.05) is 60.5 Å². The van der Waals surface area contributed by atoms with Crippen LogP contribution in [0, 0.1) is 0 Å². The minimum absolute atomic E-state index is 0.137. The molecule has 0 N–H and O–H groups in total. The van der Waals surface area contributed by atoms with E-state index in [0.29, 0.717) is 5.95 Å². The largest absolute Gasteiger partial charge is 0.339 e. The first-order valence-corrected chi connectivity index (χ1v) is 10.7. The summed E-state index contributed by atoms with van der Waals surface area (Å²) in [6, 6.07) is 12.0. The van der Waals surface area contributed by atoms with E-state index in [-0.39, 0.29) is 11.3 Å². The smallest absolute Gasteiger partial charge is 0.253 e. The van der Waals surface area contributed by atoms with E-state index < -0.39 is 0 Å². The number of hydrogen-bond acceptors (Lipinski definition) is 5. The van der Waals surface area contributed by atoms with Crippen LogP contribution in [-0.2, 0) is 5.41 Å². The van der Waals surface area contributed by atoms with Crippen molar-refractivity contribution in [2.24, 2.45) is 0 Å². The number of rotatable bonds is 3. The summed E-state index contributed by atoms with van der Waals surface area (Å²) in [7, 11) is 0. The van der Waals surface area contributed by atoms with Crippen LogP contribution in [0.2, 0.25) is 0 Å². The van der Waals surface area contributed by atoms with Crippen LogP contribution in [-0.4, -0.2) is 45.4 Å². The SMILES string of the molecule is O=C(c1ccc2c(c1)N(c1ncc(-c3ccccn3)cn1)CC21CC1)N1CCCC1. The number of carbonyl (C=O) groups is 1. The summed E-state index contributed by atoms with van der Waals surface area (Å²) >= 11 is 0. The van der Waals surface area contributed by atoms with Crippen LogP contribution < -0.4 is 4.90 Å². The number of carbonyl (C=O) groups excluding carboxylic acids is 1. The van der Waals surface area contributed by atoms with E-state index in [4.69, 9.17) is 0 Å². The molecular formula is C24H23N5O. The molecule has 4 heterocycles. The number of nitrogens with zero attached hydrogens (tertiary/aromatic N) is 5. The number of hydrogen-bond donors (Lipinski definition) is 0. The molecule has 1 spiro atoms. The summed E-state index contributed by atoms with van der Waals surface area (Å²) in [5.74, 6) is 0.823. The molecule has 3 aliphatic rings. The van der Waals surface area contributed by atoms with Crippen molar-refractivity contribution in [3.63, 3.8) is 0 Å². The maximum Gasteiger partial charge on any atom is 0.253 e. The van der Waals surface area contributed by atoms with Gasteiger partial charge in [0.2, 0.25) is 5.95 Å². The summed E-state index contributed by atoms with van der Waals surface area (Å²) in [6.07, 6.45) is 10.0. The first-order valence-electron chi connectivity index (χ1n) is 10.7. The van der Waals surface area contributed by atoms with Crippen LogP contribution in [0.4, 0.5) is 11.6 Å². The minimum Gasteiger partial charge on any atom is -0.339 e. The summed E-state index contributed by atoms with van der Waals surface area (Å²) in [4.78, 5) is 30.8. The maximum absolute atomic E-state index is 12.9. The van der Waals surface area contributed by atoms with Gasteiger partial charge in [-0.3, -0.25) is 9.78 Å². The standard InChI is InChI=1S/C24H23N5O/c30-22(28-11-3-4-12-28)17-6-7-19-21(13-17)29(16-24(19)8-9-24)23-26-14-18(15-27-23)20-5-1-2-10-25-20/h1-2,5-7,10,13-15H,3-4,8-9,11-12,16H2. The van der Waals surface area contributed by atoms with Crippen molar-refractivity contribution in [1.82, 2.24) is 19.9 Å². The van der Waals surface area contributed by atoms with E-state index in [0.717, 1.165) is 55.0 Å². The zero-order valence-corrected chi connectivity index (χ0v) is 16.8. The van der Waals surface area contributed by atoms with Crippen LogP contribution >= 0.6 is 0 Å². The van der Waals surface area contributed by atoms with E-state index in [1.54, 1.807) is 6.20 Å². The topological polar surface area (TPSA) is 62.2 Å². The third kappa shape index (κ3) is 2.78. The van der Waals surface area contributed by atoms with Crippen LogP contribution in [0.25, 0.3) is 11.3 Å². The fraction of sp³-hybridized carbons (Fsp3) is 0.333. The fourth-order valence-electron chi connectivity index (χ4n) is 4.80. The molecule has 6 nitrogen and oxygen atoms in total. The third-order valence-corrected chi connectivity index (χ3v) is 6.65. The molecule has 0 radical (unpaired) electrons. The number of anilines is 2. The van der Waals surface area contributed by atoms with Crippen LogP contribution in [0.15, 0.2) is 55.0 Å². The zero-order valence-electron chi connectivity index (χ0n) is 16.8. The Labute approximate surface area is 175 Å². The van der Waals surface area contributed by atoms with Gasteiger partial charge in [-0.15, -0.1) is 0 Å². The first kappa shape index (κ1) is 17.6. The molecule has 6 rings (SSSR count). The number of likely N-dealkylation sites (tertiary alicyclic amines) is 1. The average Bonchev–Trinajstić information content (AvgIpc) is 3.24. The Morgan fingerprint density at radius 3 is 2.47 bits per heavy atom. The molecule has 30 heavy (non-hydrogen) atoms. The third-order valence-electron chi connectivity index (χ3n) is 6.65. The predicted molar refractivity (Wildman–Crippen MR) is 115 cm³/mol. The summed E-state index contributed by atoms with van der Waals surface area (Å²) in [6.45, 7) is 2.61. The van der Waals surface area contributed by atoms with E-state index in [1.165, 1.54) is 18.4 Å². The average molecular weight is 397 g/mol. The van der Waals surface area contributed by atoms with E-state index in [2.05, 4.69) is 32.0 Å². The molecule has 2 aliphatic heterocycles. The lowest BCUT2D eigenvalue weighted by molar-refractivity contribution is 0.0793. The van der Waals surface area contributed by atoms with Crippen molar-refractivity contribution in [1.29, 1.82) is 0 Å². The molecule has 6 heteroatoms. The van der Waals surface area contributed by atoms with Crippen molar-refractivity contribution in [2.45, 2.75) is 31.1 Å². The fourth-order valence-corrected chi connectivity index (χ4v) is 4.80. The van der Waals surface area contributed by atoms with Crippen molar-refractivity contribution in [2.75, 3.05) is 24.5 Å². The highest BCUT2D eigenvalue weighted by molar-refractivity contribution is 5.96. The Kier molecular flexibility index (Phi) is 3.88. The second-order valence-corrected chi connectivity index (χ2v) is 8.58. The van der Waals surface area contributed by atoms with Gasteiger partial charge in [-0.25, -0.2) is 9.97 Å². The Bertz CT molecular complexity index is 1100. The van der Waals surface area contributed by atoms with Crippen molar-refractivity contribution in [3.05, 3.63) is 66.1 Å². The molecule has 1 aromatic carbocycles. The van der Waals surface area contributed by atoms with Gasteiger partial charge in [0.1, 0.15) is 0 Å². The van der Waals surface area contributed by atoms with Gasteiger partial charge in [-0.2, -0.15) is 0 Å². The monoisotopic (exact) mass is 397 g/mol. The highest BCUT2D eigenvalue weighted by Crippen LogP contribution is 2.57. The summed E-state index contributed by atoms with van der Waals surface area (Å²) in [5, 5.41) is 0. The van der Waals surface area contributed by atoms with Gasteiger partial charge >= 0.3 is 0 Å². The predicted octanol–water partition coefficient (Wildman–Crippen LogP) is 3.96. The maximum atomic E-state index is 12.9. The molecule has 0 atom stereocenters. The second-order valence-electron chi connectivity index (χ2n) is 8.58. The molecule has 1 saturated carbocycles. The Balaban J connectivity index is 1.35. The number of fused-ring (bicyclic) bond motifs is 2. The Hall–Kier alpha value is -3.28.